The maximum atomic E-state index is 12.7. The van der Waals surface area contributed by atoms with Gasteiger partial charge in [-0.05, 0) is 26.3 Å². The Balaban J connectivity index is 1.78. The monoisotopic (exact) mass is 376 g/mol. The van der Waals surface area contributed by atoms with Crippen LogP contribution in [-0.4, -0.2) is 55.8 Å². The quantitative estimate of drug-likeness (QED) is 0.587. The summed E-state index contributed by atoms with van der Waals surface area (Å²) in [4.78, 5) is 50.0. The second-order valence-corrected chi connectivity index (χ2v) is 8.81. The summed E-state index contributed by atoms with van der Waals surface area (Å²) in [6, 6.07) is 6.89. The Morgan fingerprint density at radius 2 is 1.85 bits per heavy atom. The number of Topliss-reactive ketones (excluding diaryl/α,β-unsaturated/α-hetero) is 1. The van der Waals surface area contributed by atoms with Crippen molar-refractivity contribution in [2.45, 2.75) is 48.9 Å². The molecule has 0 saturated carbocycles. The van der Waals surface area contributed by atoms with Crippen LogP contribution in [0.2, 0.25) is 0 Å². The molecule has 0 aliphatic carbocycles. The van der Waals surface area contributed by atoms with E-state index in [0.717, 1.165) is 0 Å². The molecular formula is C18H20N2O5S. The zero-order valence-corrected chi connectivity index (χ0v) is 15.4. The molecule has 138 valence electrons. The van der Waals surface area contributed by atoms with E-state index in [1.807, 2.05) is 0 Å². The van der Waals surface area contributed by atoms with Gasteiger partial charge in [0.15, 0.2) is 0 Å². The van der Waals surface area contributed by atoms with Crippen molar-refractivity contribution in [1.82, 2.24) is 10.2 Å². The van der Waals surface area contributed by atoms with Gasteiger partial charge in [0.25, 0.3) is 0 Å². The predicted molar refractivity (Wildman–Crippen MR) is 95.5 cm³/mol. The van der Waals surface area contributed by atoms with Crippen molar-refractivity contribution in [3.8, 4) is 0 Å². The smallest absolute Gasteiger partial charge is 0.327 e. The van der Waals surface area contributed by atoms with E-state index >= 15 is 0 Å². The van der Waals surface area contributed by atoms with Crippen molar-refractivity contribution in [1.29, 1.82) is 0 Å². The molecule has 2 aliphatic rings. The molecule has 2 N–H and O–H groups in total. The van der Waals surface area contributed by atoms with Crippen molar-refractivity contribution in [2.24, 2.45) is 0 Å². The minimum Gasteiger partial charge on any atom is -0.480 e. The average molecular weight is 376 g/mol. The Morgan fingerprint density at radius 1 is 1.23 bits per heavy atom. The third kappa shape index (κ3) is 2.88. The largest absolute Gasteiger partial charge is 0.480 e. The van der Waals surface area contributed by atoms with Gasteiger partial charge in [0.1, 0.15) is 29.2 Å². The van der Waals surface area contributed by atoms with Crippen molar-refractivity contribution < 1.29 is 24.3 Å². The first kappa shape index (κ1) is 18.4. The van der Waals surface area contributed by atoms with Gasteiger partial charge in [-0.2, -0.15) is 0 Å². The first-order valence-corrected chi connectivity index (χ1v) is 9.11. The number of β-lactam (4-membered cyclic amide) rings is 1. The number of carbonyl (C=O) groups excluding carboxylic acids is 3. The molecule has 2 aliphatic heterocycles. The number of rotatable bonds is 5. The van der Waals surface area contributed by atoms with Crippen molar-refractivity contribution in [3.63, 3.8) is 0 Å². The zero-order chi connectivity index (χ0) is 19.2. The standard InChI is InChI=1S/C18H20N2O5S/c1-9(21)11(10-7-5-4-6-8-10)14(22)19-12-15(23)20-13(17(24)25)18(2,3)26-16(12)20/h4-8,11-13,16H,1-3H3,(H,19,22)(H,24,25)/t11-,12+,13-,16-/m0/s1. The molecule has 0 spiro atoms. The second kappa shape index (κ2) is 6.42. The molecule has 2 saturated heterocycles. The van der Waals surface area contributed by atoms with Crippen molar-refractivity contribution >= 4 is 35.3 Å². The molecular weight excluding hydrogens is 356 g/mol. The summed E-state index contributed by atoms with van der Waals surface area (Å²) < 4.78 is -0.662. The SMILES string of the molecule is CC(=O)[C@H](C(=O)N[C@@H]1C(=O)N2[C@@H](C(=O)O)C(C)(C)S[C@@H]12)c1ccccc1. The maximum absolute atomic E-state index is 12.7. The van der Waals surface area contributed by atoms with Crippen LogP contribution in [0.1, 0.15) is 32.3 Å². The number of carboxylic acid groups (broad SMARTS) is 1. The van der Waals surface area contributed by atoms with E-state index in [-0.39, 0.29) is 5.78 Å². The van der Waals surface area contributed by atoms with Gasteiger partial charge in [0.05, 0.1) is 0 Å². The number of hydrogen-bond donors (Lipinski definition) is 2. The molecule has 2 fully saturated rings. The number of nitrogens with zero attached hydrogens (tertiary/aromatic N) is 1. The molecule has 26 heavy (non-hydrogen) atoms. The number of thioether (sulfide) groups is 1. The Morgan fingerprint density at radius 3 is 2.38 bits per heavy atom. The number of carboxylic acids is 1. The molecule has 1 aromatic rings. The summed E-state index contributed by atoms with van der Waals surface area (Å²) in [5.74, 6) is -3.34. The first-order chi connectivity index (χ1) is 12.1. The van der Waals surface area contributed by atoms with E-state index in [1.165, 1.54) is 23.6 Å². The number of aliphatic carboxylic acids is 1. The molecule has 1 aromatic carbocycles. The summed E-state index contributed by atoms with van der Waals surface area (Å²) in [5, 5.41) is 11.6. The molecule has 8 heteroatoms. The normalized spacial score (nSPS) is 27.3. The van der Waals surface area contributed by atoms with Crippen LogP contribution in [0.25, 0.3) is 0 Å². The van der Waals surface area contributed by atoms with Crippen LogP contribution in [0.15, 0.2) is 30.3 Å². The predicted octanol–water partition coefficient (Wildman–Crippen LogP) is 0.991. The number of fused-ring (bicyclic) bond motifs is 1. The summed E-state index contributed by atoms with van der Waals surface area (Å²) in [6.07, 6.45) is 0. The summed E-state index contributed by atoms with van der Waals surface area (Å²) in [6.45, 7) is 4.87. The van der Waals surface area contributed by atoms with Gasteiger partial charge < -0.3 is 15.3 Å². The van der Waals surface area contributed by atoms with Crippen LogP contribution in [0.5, 0.6) is 0 Å². The molecule has 3 rings (SSSR count). The van der Waals surface area contributed by atoms with Crippen molar-refractivity contribution in [2.75, 3.05) is 0 Å². The van der Waals surface area contributed by atoms with Gasteiger partial charge in [0.2, 0.25) is 11.8 Å². The lowest BCUT2D eigenvalue weighted by atomic mass is 9.92. The lowest BCUT2D eigenvalue weighted by Crippen LogP contribution is -2.71. The topological polar surface area (TPSA) is 104 Å². The second-order valence-electron chi connectivity index (χ2n) is 7.04. The number of nitrogens with one attached hydrogen (secondary N) is 1. The van der Waals surface area contributed by atoms with Crippen LogP contribution < -0.4 is 5.32 Å². The molecule has 4 atom stereocenters. The zero-order valence-electron chi connectivity index (χ0n) is 14.6. The van der Waals surface area contributed by atoms with Crippen molar-refractivity contribution in [3.05, 3.63) is 35.9 Å². The van der Waals surface area contributed by atoms with Gasteiger partial charge in [-0.15, -0.1) is 11.8 Å². The van der Waals surface area contributed by atoms with Crippen LogP contribution in [0.3, 0.4) is 0 Å². The van der Waals surface area contributed by atoms with E-state index < -0.39 is 45.9 Å². The highest BCUT2D eigenvalue weighted by atomic mass is 32.2. The fourth-order valence-corrected chi connectivity index (χ4v) is 5.22. The third-order valence-corrected chi connectivity index (χ3v) is 6.35. The number of hydrogen-bond acceptors (Lipinski definition) is 5. The summed E-state index contributed by atoms with van der Waals surface area (Å²) in [5.41, 5.74) is 0.559. The van der Waals surface area contributed by atoms with E-state index in [9.17, 15) is 24.3 Å². The molecule has 0 aromatic heterocycles. The molecule has 0 unspecified atom stereocenters. The fourth-order valence-electron chi connectivity index (χ4n) is 3.60. The third-order valence-electron chi connectivity index (χ3n) is 4.77. The molecule has 7 nitrogen and oxygen atoms in total. The Bertz CT molecular complexity index is 779. The molecule has 2 heterocycles. The Hall–Kier alpha value is -2.35. The number of carbonyl (C=O) groups is 4. The number of ketones is 1. The van der Waals surface area contributed by atoms with Gasteiger partial charge in [-0.25, -0.2) is 4.79 Å². The number of amides is 2. The van der Waals surface area contributed by atoms with Crippen LogP contribution in [0, 0.1) is 0 Å². The Labute approximate surface area is 155 Å². The highest BCUT2D eigenvalue weighted by Crippen LogP contribution is 2.50. The first-order valence-electron chi connectivity index (χ1n) is 8.23. The summed E-state index contributed by atoms with van der Waals surface area (Å²) in [7, 11) is 0. The highest BCUT2D eigenvalue weighted by Gasteiger charge is 2.64. The number of benzene rings is 1. The van der Waals surface area contributed by atoms with Crippen LogP contribution in [0.4, 0.5) is 0 Å². The Kier molecular flexibility index (Phi) is 4.56. The maximum Gasteiger partial charge on any atom is 0.327 e. The van der Waals surface area contributed by atoms with E-state index in [4.69, 9.17) is 0 Å². The van der Waals surface area contributed by atoms with E-state index in [0.29, 0.717) is 5.56 Å². The minimum absolute atomic E-state index is 0.319. The van der Waals surface area contributed by atoms with Crippen LogP contribution >= 0.6 is 11.8 Å². The van der Waals surface area contributed by atoms with Crippen LogP contribution in [-0.2, 0) is 19.2 Å². The fraction of sp³-hybridized carbons (Fsp3) is 0.444. The summed E-state index contributed by atoms with van der Waals surface area (Å²) >= 11 is 1.35. The molecule has 2 amide bonds. The van der Waals surface area contributed by atoms with E-state index in [2.05, 4.69) is 5.32 Å². The lowest BCUT2D eigenvalue weighted by molar-refractivity contribution is -0.161. The minimum atomic E-state index is -1.06. The van der Waals surface area contributed by atoms with E-state index in [1.54, 1.807) is 44.2 Å². The highest BCUT2D eigenvalue weighted by molar-refractivity contribution is 8.01. The van der Waals surface area contributed by atoms with Gasteiger partial charge in [0, 0.05) is 4.75 Å². The van der Waals surface area contributed by atoms with Gasteiger partial charge in [-0.3, -0.25) is 14.4 Å². The molecule has 0 radical (unpaired) electrons. The van der Waals surface area contributed by atoms with Gasteiger partial charge in [-0.1, -0.05) is 30.3 Å². The molecule has 0 bridgehead atoms. The average Bonchev–Trinajstić information content (AvgIpc) is 2.82. The lowest BCUT2D eigenvalue weighted by Gasteiger charge is -2.43. The van der Waals surface area contributed by atoms with Gasteiger partial charge >= 0.3 is 5.97 Å².